The molecule has 0 heterocycles. The summed E-state index contributed by atoms with van der Waals surface area (Å²) in [5.41, 5.74) is 0.550. The normalized spacial score (nSPS) is 12.0. The van der Waals surface area contributed by atoms with Crippen molar-refractivity contribution in [2.45, 2.75) is 38.8 Å². The molecule has 0 aliphatic rings. The van der Waals surface area contributed by atoms with Crippen molar-refractivity contribution in [2.24, 2.45) is 0 Å². The van der Waals surface area contributed by atoms with Crippen molar-refractivity contribution in [2.75, 3.05) is 5.32 Å². The number of benzene rings is 2. The third kappa shape index (κ3) is 6.93. The highest BCUT2D eigenvalue weighted by Crippen LogP contribution is 2.25. The molecule has 9 heteroatoms. The van der Waals surface area contributed by atoms with E-state index >= 15 is 0 Å². The highest BCUT2D eigenvalue weighted by Gasteiger charge is 2.24. The Kier molecular flexibility index (Phi) is 7.70. The SMILES string of the molecule is CC(C)(C)OC(=O)NC(Cc1ccc(NC(=O)c2c(Cl)cccc2Cl)cc1)C(=O)O. The molecule has 0 aliphatic carbocycles. The van der Waals surface area contributed by atoms with Gasteiger partial charge in [-0.2, -0.15) is 0 Å². The highest BCUT2D eigenvalue weighted by atomic mass is 35.5. The Morgan fingerprint density at radius 3 is 2.10 bits per heavy atom. The number of nitrogens with one attached hydrogen (secondary N) is 2. The quantitative estimate of drug-likeness (QED) is 0.585. The van der Waals surface area contributed by atoms with Gasteiger partial charge in [-0.3, -0.25) is 4.79 Å². The van der Waals surface area contributed by atoms with Gasteiger partial charge in [-0.05, 0) is 50.6 Å². The van der Waals surface area contributed by atoms with Crippen molar-refractivity contribution < 1.29 is 24.2 Å². The van der Waals surface area contributed by atoms with Gasteiger partial charge in [0.1, 0.15) is 11.6 Å². The predicted octanol–water partition coefficient (Wildman–Crippen LogP) is 4.77. The van der Waals surface area contributed by atoms with Crippen LogP contribution in [0.4, 0.5) is 10.5 Å². The van der Waals surface area contributed by atoms with Crippen LogP contribution in [0.5, 0.6) is 0 Å². The third-order valence-corrected chi connectivity index (χ3v) is 4.46. The van der Waals surface area contributed by atoms with Crippen LogP contribution in [0.25, 0.3) is 0 Å². The average Bonchev–Trinajstić information content (AvgIpc) is 2.61. The first-order valence-electron chi connectivity index (χ1n) is 9.03. The number of carbonyl (C=O) groups excluding carboxylic acids is 2. The summed E-state index contributed by atoms with van der Waals surface area (Å²) in [5, 5.41) is 14.9. The molecule has 0 spiro atoms. The summed E-state index contributed by atoms with van der Waals surface area (Å²) in [6.07, 6.45) is -0.769. The molecule has 160 valence electrons. The molecule has 1 atom stereocenters. The second-order valence-corrected chi connectivity index (χ2v) is 8.30. The van der Waals surface area contributed by atoms with Gasteiger partial charge in [0.25, 0.3) is 5.91 Å². The molecule has 0 saturated carbocycles. The third-order valence-electron chi connectivity index (χ3n) is 3.83. The number of hydrogen-bond acceptors (Lipinski definition) is 4. The number of alkyl carbamates (subject to hydrolysis) is 1. The monoisotopic (exact) mass is 452 g/mol. The summed E-state index contributed by atoms with van der Waals surface area (Å²) in [6, 6.07) is 10.1. The maximum atomic E-state index is 12.4. The van der Waals surface area contributed by atoms with Crippen LogP contribution >= 0.6 is 23.2 Å². The summed E-state index contributed by atoms with van der Waals surface area (Å²) in [5.74, 6) is -1.65. The van der Waals surface area contributed by atoms with Gasteiger partial charge in [0.2, 0.25) is 0 Å². The Balaban J connectivity index is 2.04. The average molecular weight is 453 g/mol. The molecule has 2 aromatic rings. The van der Waals surface area contributed by atoms with Crippen LogP contribution in [0.3, 0.4) is 0 Å². The van der Waals surface area contributed by atoms with Crippen LogP contribution in [0, 0.1) is 0 Å². The fourth-order valence-corrected chi connectivity index (χ4v) is 3.09. The molecule has 0 aliphatic heterocycles. The summed E-state index contributed by atoms with van der Waals surface area (Å²) < 4.78 is 5.10. The molecule has 2 rings (SSSR count). The van der Waals surface area contributed by atoms with E-state index in [1.807, 2.05) is 0 Å². The Labute approximate surface area is 184 Å². The lowest BCUT2D eigenvalue weighted by atomic mass is 10.1. The number of anilines is 1. The number of carboxylic acid groups (broad SMARTS) is 1. The largest absolute Gasteiger partial charge is 0.480 e. The van der Waals surface area contributed by atoms with E-state index in [9.17, 15) is 19.5 Å². The first-order chi connectivity index (χ1) is 14.0. The smallest absolute Gasteiger partial charge is 0.408 e. The highest BCUT2D eigenvalue weighted by molar-refractivity contribution is 6.40. The van der Waals surface area contributed by atoms with Crippen LogP contribution in [0.2, 0.25) is 10.0 Å². The van der Waals surface area contributed by atoms with Gasteiger partial charge in [0.05, 0.1) is 15.6 Å². The number of rotatable bonds is 6. The summed E-state index contributed by atoms with van der Waals surface area (Å²) >= 11 is 12.1. The predicted molar refractivity (Wildman–Crippen MR) is 115 cm³/mol. The minimum atomic E-state index is -1.19. The van der Waals surface area contributed by atoms with E-state index in [1.54, 1.807) is 63.2 Å². The molecular formula is C21H22Cl2N2O5. The Morgan fingerprint density at radius 1 is 1.03 bits per heavy atom. The molecule has 30 heavy (non-hydrogen) atoms. The number of carboxylic acids is 1. The van der Waals surface area contributed by atoms with Gasteiger partial charge in [-0.25, -0.2) is 9.59 Å². The van der Waals surface area contributed by atoms with Gasteiger partial charge in [0, 0.05) is 12.1 Å². The second kappa shape index (κ2) is 9.82. The lowest BCUT2D eigenvalue weighted by molar-refractivity contribution is -0.139. The number of halogens is 2. The Morgan fingerprint density at radius 2 is 1.60 bits per heavy atom. The van der Waals surface area contributed by atoms with E-state index in [-0.39, 0.29) is 22.0 Å². The van der Waals surface area contributed by atoms with Crippen LogP contribution in [0.1, 0.15) is 36.7 Å². The molecule has 0 bridgehead atoms. The number of amides is 2. The van der Waals surface area contributed by atoms with Crippen molar-refractivity contribution in [3.05, 3.63) is 63.6 Å². The lowest BCUT2D eigenvalue weighted by Crippen LogP contribution is -2.44. The number of carbonyl (C=O) groups is 3. The van der Waals surface area contributed by atoms with Crippen molar-refractivity contribution >= 4 is 46.9 Å². The first-order valence-corrected chi connectivity index (χ1v) is 9.78. The van der Waals surface area contributed by atoms with Crippen molar-refractivity contribution in [1.82, 2.24) is 5.32 Å². The zero-order valence-electron chi connectivity index (χ0n) is 16.7. The van der Waals surface area contributed by atoms with Gasteiger partial charge < -0.3 is 20.5 Å². The topological polar surface area (TPSA) is 105 Å². The molecule has 0 radical (unpaired) electrons. The fraction of sp³-hybridized carbons (Fsp3) is 0.286. The van der Waals surface area contributed by atoms with E-state index in [0.717, 1.165) is 0 Å². The summed E-state index contributed by atoms with van der Waals surface area (Å²) in [6.45, 7) is 5.06. The minimum Gasteiger partial charge on any atom is -0.480 e. The molecule has 3 N–H and O–H groups in total. The summed E-state index contributed by atoms with van der Waals surface area (Å²) in [7, 11) is 0. The van der Waals surface area contributed by atoms with Gasteiger partial charge in [0.15, 0.2) is 0 Å². The van der Waals surface area contributed by atoms with Crippen molar-refractivity contribution in [3.63, 3.8) is 0 Å². The van der Waals surface area contributed by atoms with Gasteiger partial charge in [-0.15, -0.1) is 0 Å². The van der Waals surface area contributed by atoms with Crippen LogP contribution in [-0.4, -0.2) is 34.7 Å². The first kappa shape index (κ1) is 23.5. The van der Waals surface area contributed by atoms with Crippen LogP contribution in [0.15, 0.2) is 42.5 Å². The Hall–Kier alpha value is -2.77. The molecule has 7 nitrogen and oxygen atoms in total. The van der Waals surface area contributed by atoms with E-state index in [0.29, 0.717) is 11.3 Å². The van der Waals surface area contributed by atoms with E-state index in [4.69, 9.17) is 27.9 Å². The van der Waals surface area contributed by atoms with Gasteiger partial charge in [-0.1, -0.05) is 41.4 Å². The Bertz CT molecular complexity index is 919. The molecule has 0 fully saturated rings. The maximum absolute atomic E-state index is 12.4. The second-order valence-electron chi connectivity index (χ2n) is 7.49. The zero-order chi connectivity index (χ0) is 22.5. The molecule has 2 aromatic carbocycles. The van der Waals surface area contributed by atoms with Crippen LogP contribution < -0.4 is 10.6 Å². The maximum Gasteiger partial charge on any atom is 0.408 e. The molecule has 1 unspecified atom stereocenters. The van der Waals surface area contributed by atoms with Gasteiger partial charge >= 0.3 is 12.1 Å². The zero-order valence-corrected chi connectivity index (χ0v) is 18.2. The fourth-order valence-electron chi connectivity index (χ4n) is 2.52. The van der Waals surface area contributed by atoms with E-state index in [1.165, 1.54) is 0 Å². The van der Waals surface area contributed by atoms with E-state index < -0.39 is 29.6 Å². The molecular weight excluding hydrogens is 431 g/mol. The molecule has 2 amide bonds. The lowest BCUT2D eigenvalue weighted by Gasteiger charge is -2.22. The number of ether oxygens (including phenoxy) is 1. The van der Waals surface area contributed by atoms with Crippen LogP contribution in [-0.2, 0) is 16.0 Å². The molecule has 0 saturated heterocycles. The molecule has 0 aromatic heterocycles. The summed E-state index contributed by atoms with van der Waals surface area (Å²) in [4.78, 5) is 35.8. The minimum absolute atomic E-state index is 0.0408. The number of hydrogen-bond donors (Lipinski definition) is 3. The van der Waals surface area contributed by atoms with Crippen molar-refractivity contribution in [3.8, 4) is 0 Å². The number of aliphatic carboxylic acids is 1. The van der Waals surface area contributed by atoms with E-state index in [2.05, 4.69) is 10.6 Å². The van der Waals surface area contributed by atoms with Crippen molar-refractivity contribution in [1.29, 1.82) is 0 Å². The standard InChI is InChI=1S/C21H22Cl2N2O5/c1-21(2,3)30-20(29)25-16(19(27)28)11-12-7-9-13(10-8-12)24-18(26)17-14(22)5-4-6-15(17)23/h4-10,16H,11H2,1-3H3,(H,24,26)(H,25,29)(H,27,28).